The van der Waals surface area contributed by atoms with Gasteiger partial charge in [0.2, 0.25) is 0 Å². The second-order valence-electron chi connectivity index (χ2n) is 7.04. The van der Waals surface area contributed by atoms with Gasteiger partial charge in [-0.3, -0.25) is 14.4 Å². The molecular formula is C20H26N4O4. The van der Waals surface area contributed by atoms with Gasteiger partial charge in [-0.15, -0.1) is 0 Å². The van der Waals surface area contributed by atoms with Gasteiger partial charge in [0.25, 0.3) is 5.91 Å². The number of benzene rings is 1. The molecule has 0 bridgehead atoms. The van der Waals surface area contributed by atoms with Crippen molar-refractivity contribution < 1.29 is 19.0 Å². The molecule has 28 heavy (non-hydrogen) atoms. The van der Waals surface area contributed by atoms with Gasteiger partial charge in [0.05, 0.1) is 39.7 Å². The lowest BCUT2D eigenvalue weighted by molar-refractivity contribution is 0.0298. The first-order chi connectivity index (χ1) is 13.7. The van der Waals surface area contributed by atoms with E-state index < -0.39 is 0 Å². The first-order valence-electron chi connectivity index (χ1n) is 9.55. The number of hydrogen-bond acceptors (Lipinski definition) is 6. The van der Waals surface area contributed by atoms with Crippen LogP contribution in [0.4, 0.5) is 0 Å². The van der Waals surface area contributed by atoms with Crippen LogP contribution in [-0.4, -0.2) is 72.6 Å². The molecule has 0 radical (unpaired) electrons. The van der Waals surface area contributed by atoms with E-state index in [0.717, 1.165) is 48.9 Å². The maximum atomic E-state index is 12.7. The van der Waals surface area contributed by atoms with E-state index in [9.17, 15) is 4.79 Å². The number of nitrogens with zero attached hydrogens (tertiary/aromatic N) is 4. The number of amides is 1. The van der Waals surface area contributed by atoms with E-state index in [1.54, 1.807) is 14.2 Å². The predicted molar refractivity (Wildman–Crippen MR) is 103 cm³/mol. The first-order valence-corrected chi connectivity index (χ1v) is 9.55. The summed E-state index contributed by atoms with van der Waals surface area (Å²) in [7, 11) is 3.32. The quantitative estimate of drug-likeness (QED) is 0.774. The highest BCUT2D eigenvalue weighted by Crippen LogP contribution is 2.27. The van der Waals surface area contributed by atoms with Gasteiger partial charge >= 0.3 is 0 Å². The van der Waals surface area contributed by atoms with Gasteiger partial charge in [0.1, 0.15) is 11.5 Å². The Hall–Kier alpha value is -2.58. The van der Waals surface area contributed by atoms with Crippen molar-refractivity contribution in [2.45, 2.75) is 19.6 Å². The molecule has 1 saturated heterocycles. The minimum atomic E-state index is -0.00595. The molecule has 1 amide bonds. The topological polar surface area (TPSA) is 69.1 Å². The number of ether oxygens (including phenoxy) is 3. The average Bonchev–Trinajstić information content (AvgIpc) is 3.17. The molecule has 2 aromatic rings. The number of carbonyl (C=O) groups is 1. The monoisotopic (exact) mass is 386 g/mol. The van der Waals surface area contributed by atoms with E-state index in [1.165, 1.54) is 0 Å². The summed E-state index contributed by atoms with van der Waals surface area (Å²) < 4.78 is 18.1. The Bertz CT molecular complexity index is 845. The smallest absolute Gasteiger partial charge is 0.274 e. The summed E-state index contributed by atoms with van der Waals surface area (Å²) in [5, 5.41) is 4.54. The Kier molecular flexibility index (Phi) is 5.50. The van der Waals surface area contributed by atoms with Crippen LogP contribution in [0.1, 0.15) is 21.7 Å². The molecule has 150 valence electrons. The van der Waals surface area contributed by atoms with Gasteiger partial charge in [-0.2, -0.15) is 5.10 Å². The van der Waals surface area contributed by atoms with Crippen LogP contribution in [-0.2, 0) is 24.4 Å². The summed E-state index contributed by atoms with van der Waals surface area (Å²) in [5.41, 5.74) is 2.71. The standard InChI is InChI=1S/C20H26N4O4/c1-26-17-4-3-15(19(12-17)27-2)13-22-5-6-24-16(14-22)11-18(21-24)20(25)23-7-9-28-10-8-23/h3-4,11-12H,5-10,13-14H2,1-2H3. The van der Waals surface area contributed by atoms with Gasteiger partial charge in [0, 0.05) is 44.4 Å². The van der Waals surface area contributed by atoms with E-state index in [-0.39, 0.29) is 5.91 Å². The van der Waals surface area contributed by atoms with E-state index >= 15 is 0 Å². The normalized spacial score (nSPS) is 17.3. The van der Waals surface area contributed by atoms with Crippen molar-refractivity contribution >= 4 is 5.91 Å². The third kappa shape index (κ3) is 3.83. The molecule has 0 N–H and O–H groups in total. The zero-order valence-corrected chi connectivity index (χ0v) is 16.4. The second-order valence-corrected chi connectivity index (χ2v) is 7.04. The minimum absolute atomic E-state index is 0.00595. The van der Waals surface area contributed by atoms with Crippen molar-refractivity contribution in [1.82, 2.24) is 19.6 Å². The summed E-state index contributed by atoms with van der Waals surface area (Å²) in [4.78, 5) is 16.8. The molecule has 2 aliphatic heterocycles. The van der Waals surface area contributed by atoms with Crippen molar-refractivity contribution in [2.75, 3.05) is 47.1 Å². The van der Waals surface area contributed by atoms with Crippen LogP contribution in [0.2, 0.25) is 0 Å². The molecule has 0 unspecified atom stereocenters. The Balaban J connectivity index is 1.45. The molecule has 1 aromatic carbocycles. The highest BCUT2D eigenvalue weighted by molar-refractivity contribution is 5.92. The van der Waals surface area contributed by atoms with Crippen molar-refractivity contribution in [2.24, 2.45) is 0 Å². The summed E-state index contributed by atoms with van der Waals surface area (Å²) in [6, 6.07) is 7.82. The van der Waals surface area contributed by atoms with Gasteiger partial charge in [-0.25, -0.2) is 0 Å². The Morgan fingerprint density at radius 1 is 1.11 bits per heavy atom. The van der Waals surface area contributed by atoms with Crippen LogP contribution in [0.15, 0.2) is 24.3 Å². The highest BCUT2D eigenvalue weighted by atomic mass is 16.5. The van der Waals surface area contributed by atoms with Gasteiger partial charge in [-0.05, 0) is 12.1 Å². The maximum Gasteiger partial charge on any atom is 0.274 e. The third-order valence-electron chi connectivity index (χ3n) is 5.28. The number of aromatic nitrogens is 2. The zero-order chi connectivity index (χ0) is 19.5. The fourth-order valence-electron chi connectivity index (χ4n) is 3.71. The van der Waals surface area contributed by atoms with Crippen LogP contribution >= 0.6 is 0 Å². The van der Waals surface area contributed by atoms with Crippen LogP contribution < -0.4 is 9.47 Å². The molecule has 0 saturated carbocycles. The molecule has 0 spiro atoms. The van der Waals surface area contributed by atoms with Crippen molar-refractivity contribution in [3.63, 3.8) is 0 Å². The van der Waals surface area contributed by atoms with Crippen LogP contribution in [0.3, 0.4) is 0 Å². The van der Waals surface area contributed by atoms with Crippen LogP contribution in [0, 0.1) is 0 Å². The number of morpholine rings is 1. The number of hydrogen-bond donors (Lipinski definition) is 0. The predicted octanol–water partition coefficient (Wildman–Crippen LogP) is 1.39. The van der Waals surface area contributed by atoms with Gasteiger partial charge in [0.15, 0.2) is 5.69 Å². The Morgan fingerprint density at radius 3 is 2.68 bits per heavy atom. The SMILES string of the molecule is COc1ccc(CN2CCn3nc(C(=O)N4CCOCC4)cc3C2)c(OC)c1. The van der Waals surface area contributed by atoms with Gasteiger partial charge < -0.3 is 19.1 Å². The second kappa shape index (κ2) is 8.20. The molecule has 2 aliphatic rings. The van der Waals surface area contributed by atoms with E-state index in [0.29, 0.717) is 32.0 Å². The third-order valence-corrected chi connectivity index (χ3v) is 5.28. The maximum absolute atomic E-state index is 12.7. The van der Waals surface area contributed by atoms with Crippen molar-refractivity contribution in [3.05, 3.63) is 41.2 Å². The number of carbonyl (C=O) groups excluding carboxylic acids is 1. The molecule has 0 aliphatic carbocycles. The van der Waals surface area contributed by atoms with Crippen LogP contribution in [0.5, 0.6) is 11.5 Å². The number of methoxy groups -OCH3 is 2. The molecule has 1 fully saturated rings. The molecule has 0 atom stereocenters. The summed E-state index contributed by atoms with van der Waals surface area (Å²) in [6.07, 6.45) is 0. The molecule has 3 heterocycles. The molecule has 8 nitrogen and oxygen atoms in total. The summed E-state index contributed by atoms with van der Waals surface area (Å²) in [6.45, 7) is 5.60. The largest absolute Gasteiger partial charge is 0.497 e. The molecule has 8 heteroatoms. The summed E-state index contributed by atoms with van der Waals surface area (Å²) >= 11 is 0. The number of rotatable bonds is 5. The van der Waals surface area contributed by atoms with E-state index in [1.807, 2.05) is 33.8 Å². The van der Waals surface area contributed by atoms with Gasteiger partial charge in [-0.1, -0.05) is 6.07 Å². The summed E-state index contributed by atoms with van der Waals surface area (Å²) in [5.74, 6) is 1.60. The highest BCUT2D eigenvalue weighted by Gasteiger charge is 2.25. The van der Waals surface area contributed by atoms with E-state index in [4.69, 9.17) is 14.2 Å². The first kappa shape index (κ1) is 18.8. The lowest BCUT2D eigenvalue weighted by Crippen LogP contribution is -2.40. The lowest BCUT2D eigenvalue weighted by Gasteiger charge is -2.28. The lowest BCUT2D eigenvalue weighted by atomic mass is 10.1. The molecule has 1 aromatic heterocycles. The molecule has 4 rings (SSSR count). The Labute approximate surface area is 164 Å². The van der Waals surface area contributed by atoms with Crippen molar-refractivity contribution in [1.29, 1.82) is 0 Å². The Morgan fingerprint density at radius 2 is 1.93 bits per heavy atom. The zero-order valence-electron chi connectivity index (χ0n) is 16.4. The minimum Gasteiger partial charge on any atom is -0.497 e. The molecular weight excluding hydrogens is 360 g/mol. The van der Waals surface area contributed by atoms with Crippen LogP contribution in [0.25, 0.3) is 0 Å². The van der Waals surface area contributed by atoms with Crippen molar-refractivity contribution in [3.8, 4) is 11.5 Å². The average molecular weight is 386 g/mol. The number of fused-ring (bicyclic) bond motifs is 1. The van der Waals surface area contributed by atoms with E-state index in [2.05, 4.69) is 10.00 Å². The fourth-order valence-corrected chi connectivity index (χ4v) is 3.71. The fraction of sp³-hybridized carbons (Fsp3) is 0.500.